The van der Waals surface area contributed by atoms with E-state index >= 15 is 0 Å². The first kappa shape index (κ1) is 14.7. The highest BCUT2D eigenvalue weighted by Crippen LogP contribution is 2.27. The topological polar surface area (TPSA) is 84.5 Å². The van der Waals surface area contributed by atoms with E-state index in [1.807, 2.05) is 0 Å². The van der Waals surface area contributed by atoms with Crippen LogP contribution in [0.3, 0.4) is 0 Å². The molecule has 102 valence electrons. The van der Waals surface area contributed by atoms with Crippen LogP contribution in [0.4, 0.5) is 11.4 Å². The van der Waals surface area contributed by atoms with Gasteiger partial charge in [-0.25, -0.2) is 0 Å². The molecule has 6 nitrogen and oxygen atoms in total. The smallest absolute Gasteiger partial charge is 0.231 e. The second kappa shape index (κ2) is 6.53. The fraction of sp³-hybridized carbons (Fsp3) is 0.308. The van der Waals surface area contributed by atoms with Crippen molar-refractivity contribution in [1.82, 2.24) is 0 Å². The van der Waals surface area contributed by atoms with E-state index in [9.17, 15) is 14.4 Å². The van der Waals surface area contributed by atoms with Crippen LogP contribution in [-0.2, 0) is 14.4 Å². The molecule has 0 saturated heterocycles. The Balaban J connectivity index is 2.84. The number of methoxy groups -OCH3 is 1. The van der Waals surface area contributed by atoms with Crippen molar-refractivity contribution in [3.05, 3.63) is 18.2 Å². The molecule has 19 heavy (non-hydrogen) atoms. The average Bonchev–Trinajstić information content (AvgIpc) is 2.29. The van der Waals surface area contributed by atoms with E-state index in [1.54, 1.807) is 18.2 Å². The Hall–Kier alpha value is -2.37. The molecule has 1 aromatic rings. The van der Waals surface area contributed by atoms with Crippen LogP contribution in [0.15, 0.2) is 18.2 Å². The lowest BCUT2D eigenvalue weighted by molar-refractivity contribution is -0.124. The van der Waals surface area contributed by atoms with Crippen molar-refractivity contribution in [2.75, 3.05) is 17.7 Å². The summed E-state index contributed by atoms with van der Waals surface area (Å²) in [5.74, 6) is -0.386. The molecule has 0 atom stereocenters. The number of hydrogen-bond acceptors (Lipinski definition) is 4. The quantitative estimate of drug-likeness (QED) is 0.790. The van der Waals surface area contributed by atoms with E-state index in [0.29, 0.717) is 17.1 Å². The molecule has 0 radical (unpaired) electrons. The van der Waals surface area contributed by atoms with Crippen molar-refractivity contribution >= 4 is 29.0 Å². The van der Waals surface area contributed by atoms with Gasteiger partial charge in [-0.05, 0) is 19.1 Å². The molecule has 0 aliphatic heterocycles. The van der Waals surface area contributed by atoms with E-state index in [-0.39, 0.29) is 24.0 Å². The Kier molecular flexibility index (Phi) is 5.05. The predicted octanol–water partition coefficient (Wildman–Crippen LogP) is 1.57. The second-order valence-corrected chi connectivity index (χ2v) is 4.02. The van der Waals surface area contributed by atoms with Gasteiger partial charge in [0.15, 0.2) is 0 Å². The molecule has 0 aliphatic carbocycles. The van der Waals surface area contributed by atoms with E-state index in [0.717, 1.165) is 0 Å². The third-order valence-electron chi connectivity index (χ3n) is 2.21. The Bertz CT molecular complexity index is 511. The number of hydrogen-bond donors (Lipinski definition) is 2. The first-order valence-corrected chi connectivity index (χ1v) is 5.67. The number of nitrogens with one attached hydrogen (secondary N) is 2. The van der Waals surface area contributed by atoms with Crippen molar-refractivity contribution in [1.29, 1.82) is 0 Å². The minimum atomic E-state index is -0.387. The minimum absolute atomic E-state index is 0.171. The summed E-state index contributed by atoms with van der Waals surface area (Å²) in [4.78, 5) is 33.2. The number of benzene rings is 1. The van der Waals surface area contributed by atoms with E-state index in [4.69, 9.17) is 4.74 Å². The summed E-state index contributed by atoms with van der Waals surface area (Å²) in [5, 5.41) is 5.18. The van der Waals surface area contributed by atoms with Gasteiger partial charge in [-0.2, -0.15) is 0 Å². The van der Waals surface area contributed by atoms with Gasteiger partial charge in [-0.15, -0.1) is 0 Å². The van der Waals surface area contributed by atoms with Crippen LogP contribution < -0.4 is 15.4 Å². The zero-order valence-electron chi connectivity index (χ0n) is 11.1. The molecular weight excluding hydrogens is 248 g/mol. The number of rotatable bonds is 5. The highest BCUT2D eigenvalue weighted by atomic mass is 16.5. The normalized spacial score (nSPS) is 9.63. The molecule has 1 aromatic carbocycles. The highest BCUT2D eigenvalue weighted by Gasteiger charge is 2.09. The first-order chi connectivity index (χ1) is 8.92. The number of amides is 2. The summed E-state index contributed by atoms with van der Waals surface area (Å²) in [7, 11) is 1.46. The van der Waals surface area contributed by atoms with Crippen molar-refractivity contribution in [3.63, 3.8) is 0 Å². The molecule has 0 heterocycles. The Morgan fingerprint density at radius 3 is 2.37 bits per heavy atom. The van der Waals surface area contributed by atoms with E-state index in [1.165, 1.54) is 21.0 Å². The number of carbonyl (C=O) groups is 3. The highest BCUT2D eigenvalue weighted by molar-refractivity contribution is 6.03. The monoisotopic (exact) mass is 264 g/mol. The third kappa shape index (κ3) is 4.79. The molecule has 0 fully saturated rings. The average molecular weight is 264 g/mol. The lowest BCUT2D eigenvalue weighted by Gasteiger charge is -2.11. The molecular formula is C13H16N2O4. The summed E-state index contributed by atoms with van der Waals surface area (Å²) in [5.41, 5.74) is 1.01. The van der Waals surface area contributed by atoms with Crippen LogP contribution in [-0.4, -0.2) is 24.7 Å². The lowest BCUT2D eigenvalue weighted by atomic mass is 10.2. The number of ether oxygens (including phenoxy) is 1. The summed E-state index contributed by atoms with van der Waals surface area (Å²) in [6.45, 7) is 2.74. The van der Waals surface area contributed by atoms with E-state index < -0.39 is 0 Å². The fourth-order valence-electron chi connectivity index (χ4n) is 1.49. The predicted molar refractivity (Wildman–Crippen MR) is 71.2 cm³/mol. The van der Waals surface area contributed by atoms with Gasteiger partial charge < -0.3 is 15.4 Å². The zero-order chi connectivity index (χ0) is 14.4. The summed E-state index contributed by atoms with van der Waals surface area (Å²) >= 11 is 0. The van der Waals surface area contributed by atoms with Crippen molar-refractivity contribution in [2.24, 2.45) is 0 Å². The van der Waals surface area contributed by atoms with Crippen molar-refractivity contribution in [2.45, 2.75) is 20.3 Å². The van der Waals surface area contributed by atoms with Gasteiger partial charge in [0.1, 0.15) is 11.5 Å². The molecule has 0 aromatic heterocycles. The SMILES string of the molecule is COc1cc(NC(=O)CC(C)=O)ccc1NC(C)=O. The maximum Gasteiger partial charge on any atom is 0.231 e. The second-order valence-electron chi connectivity index (χ2n) is 4.02. The maximum atomic E-state index is 11.4. The molecule has 1 rings (SSSR count). The minimum Gasteiger partial charge on any atom is -0.494 e. The van der Waals surface area contributed by atoms with Crippen LogP contribution in [0.1, 0.15) is 20.3 Å². The van der Waals surface area contributed by atoms with Gasteiger partial charge in [0.05, 0.1) is 19.2 Å². The number of ketones is 1. The Labute approximate surface area is 111 Å². The van der Waals surface area contributed by atoms with Gasteiger partial charge in [0, 0.05) is 18.7 Å². The Morgan fingerprint density at radius 1 is 1.16 bits per heavy atom. The van der Waals surface area contributed by atoms with Crippen molar-refractivity contribution in [3.8, 4) is 5.75 Å². The van der Waals surface area contributed by atoms with Crippen LogP contribution in [0.2, 0.25) is 0 Å². The standard InChI is InChI=1S/C13H16N2O4/c1-8(16)6-13(18)15-10-4-5-11(14-9(2)17)12(7-10)19-3/h4-5,7H,6H2,1-3H3,(H,14,17)(H,15,18). The molecule has 0 bridgehead atoms. The van der Waals surface area contributed by atoms with Crippen LogP contribution in [0.5, 0.6) is 5.75 Å². The van der Waals surface area contributed by atoms with Crippen LogP contribution in [0, 0.1) is 0 Å². The maximum absolute atomic E-state index is 11.4. The summed E-state index contributed by atoms with van der Waals surface area (Å²) in [6.07, 6.45) is -0.171. The molecule has 6 heteroatoms. The molecule has 2 N–H and O–H groups in total. The van der Waals surface area contributed by atoms with E-state index in [2.05, 4.69) is 10.6 Å². The summed E-state index contributed by atoms with van der Waals surface area (Å²) < 4.78 is 5.12. The largest absolute Gasteiger partial charge is 0.494 e. The van der Waals surface area contributed by atoms with Crippen molar-refractivity contribution < 1.29 is 19.1 Å². The molecule has 0 unspecified atom stereocenters. The lowest BCUT2D eigenvalue weighted by Crippen LogP contribution is -2.15. The third-order valence-corrected chi connectivity index (χ3v) is 2.21. The number of anilines is 2. The van der Waals surface area contributed by atoms with Crippen LogP contribution >= 0.6 is 0 Å². The van der Waals surface area contributed by atoms with Gasteiger partial charge in [-0.3, -0.25) is 14.4 Å². The van der Waals surface area contributed by atoms with Gasteiger partial charge in [-0.1, -0.05) is 0 Å². The molecule has 0 aliphatic rings. The number of Topliss-reactive ketones (excluding diaryl/α,β-unsaturated/α-hetero) is 1. The fourth-order valence-corrected chi connectivity index (χ4v) is 1.49. The number of carbonyl (C=O) groups excluding carboxylic acids is 3. The zero-order valence-corrected chi connectivity index (χ0v) is 11.1. The van der Waals surface area contributed by atoms with Gasteiger partial charge >= 0.3 is 0 Å². The Morgan fingerprint density at radius 2 is 1.84 bits per heavy atom. The summed E-state index contributed by atoms with van der Waals surface area (Å²) in [6, 6.07) is 4.80. The first-order valence-electron chi connectivity index (χ1n) is 5.67. The molecule has 2 amide bonds. The van der Waals surface area contributed by atoms with Crippen LogP contribution in [0.25, 0.3) is 0 Å². The van der Waals surface area contributed by atoms with Gasteiger partial charge in [0.25, 0.3) is 0 Å². The molecule has 0 spiro atoms. The molecule has 0 saturated carbocycles. The van der Waals surface area contributed by atoms with Gasteiger partial charge in [0.2, 0.25) is 11.8 Å².